The Kier molecular flexibility index (Phi) is 6.65. The Labute approximate surface area is 183 Å². The molecule has 162 valence electrons. The summed E-state index contributed by atoms with van der Waals surface area (Å²) in [6, 6.07) is 18.6. The number of likely N-dealkylation sites (tertiary alicyclic amines) is 1. The van der Waals surface area contributed by atoms with Crippen LogP contribution in [0.3, 0.4) is 0 Å². The summed E-state index contributed by atoms with van der Waals surface area (Å²) in [6.07, 6.45) is 2.92. The number of carbonyl (C=O) groups excluding carboxylic acids is 1. The third kappa shape index (κ3) is 5.51. The first-order valence-corrected chi connectivity index (χ1v) is 11.1. The average molecular weight is 419 g/mol. The lowest BCUT2D eigenvalue weighted by Gasteiger charge is -2.33. The molecule has 1 saturated heterocycles. The molecule has 0 spiro atoms. The topological polar surface area (TPSA) is 71.3 Å². The first-order valence-electron chi connectivity index (χ1n) is 11.1. The molecule has 0 unspecified atom stereocenters. The summed E-state index contributed by atoms with van der Waals surface area (Å²) in [5, 5.41) is 7.62. The number of nitrogens with zero attached hydrogens (tertiary/aromatic N) is 3. The van der Waals surface area contributed by atoms with E-state index in [9.17, 15) is 4.79 Å². The van der Waals surface area contributed by atoms with Gasteiger partial charge in [-0.15, -0.1) is 0 Å². The molecule has 0 bridgehead atoms. The van der Waals surface area contributed by atoms with Crippen molar-refractivity contribution in [1.29, 1.82) is 0 Å². The SMILES string of the molecule is CC(C)c1ccc(N[C@H]2CCCN(C(=O)CCc3nc(-c4ccccc4)no3)C2)cc1. The van der Waals surface area contributed by atoms with Crippen molar-refractivity contribution in [3.05, 3.63) is 66.1 Å². The van der Waals surface area contributed by atoms with Gasteiger partial charge in [0.15, 0.2) is 0 Å². The van der Waals surface area contributed by atoms with E-state index in [0.717, 1.165) is 37.2 Å². The number of benzene rings is 2. The first kappa shape index (κ1) is 21.1. The second-order valence-electron chi connectivity index (χ2n) is 8.48. The van der Waals surface area contributed by atoms with Crippen LogP contribution in [-0.2, 0) is 11.2 Å². The Morgan fingerprint density at radius 1 is 1.16 bits per heavy atom. The monoisotopic (exact) mass is 418 g/mol. The zero-order valence-corrected chi connectivity index (χ0v) is 18.3. The van der Waals surface area contributed by atoms with Gasteiger partial charge < -0.3 is 14.7 Å². The van der Waals surface area contributed by atoms with Crippen LogP contribution in [0.4, 0.5) is 5.69 Å². The Morgan fingerprint density at radius 3 is 2.68 bits per heavy atom. The molecule has 0 saturated carbocycles. The third-order valence-corrected chi connectivity index (χ3v) is 5.78. The normalized spacial score (nSPS) is 16.5. The summed E-state index contributed by atoms with van der Waals surface area (Å²) in [5.74, 6) is 1.73. The highest BCUT2D eigenvalue weighted by Crippen LogP contribution is 2.21. The van der Waals surface area contributed by atoms with Crippen molar-refractivity contribution < 1.29 is 9.32 Å². The molecule has 1 fully saturated rings. The van der Waals surface area contributed by atoms with Gasteiger partial charge in [-0.1, -0.05) is 61.5 Å². The van der Waals surface area contributed by atoms with Gasteiger partial charge in [-0.3, -0.25) is 4.79 Å². The van der Waals surface area contributed by atoms with Gasteiger partial charge in [-0.2, -0.15) is 4.98 Å². The zero-order valence-electron chi connectivity index (χ0n) is 18.3. The number of aromatic nitrogens is 2. The molecule has 0 aliphatic carbocycles. The number of hydrogen-bond acceptors (Lipinski definition) is 5. The highest BCUT2D eigenvalue weighted by molar-refractivity contribution is 5.76. The molecule has 6 nitrogen and oxygen atoms in total. The molecular weight excluding hydrogens is 388 g/mol. The van der Waals surface area contributed by atoms with Gasteiger partial charge in [0.25, 0.3) is 0 Å². The number of piperidine rings is 1. The Morgan fingerprint density at radius 2 is 1.94 bits per heavy atom. The predicted octanol–water partition coefficient (Wildman–Crippen LogP) is 4.90. The third-order valence-electron chi connectivity index (χ3n) is 5.78. The van der Waals surface area contributed by atoms with Crippen LogP contribution >= 0.6 is 0 Å². The molecule has 2 heterocycles. The molecule has 1 aromatic heterocycles. The van der Waals surface area contributed by atoms with Crippen LogP contribution in [0.5, 0.6) is 0 Å². The second-order valence-corrected chi connectivity index (χ2v) is 8.48. The Balaban J connectivity index is 1.28. The minimum absolute atomic E-state index is 0.140. The average Bonchev–Trinajstić information content (AvgIpc) is 3.28. The van der Waals surface area contributed by atoms with E-state index in [2.05, 4.69) is 53.6 Å². The number of carbonyl (C=O) groups is 1. The molecule has 1 N–H and O–H groups in total. The smallest absolute Gasteiger partial charge is 0.227 e. The van der Waals surface area contributed by atoms with Crippen LogP contribution in [-0.4, -0.2) is 40.1 Å². The minimum atomic E-state index is 0.140. The number of amides is 1. The maximum Gasteiger partial charge on any atom is 0.227 e. The molecule has 4 rings (SSSR count). The molecule has 0 radical (unpaired) electrons. The van der Waals surface area contributed by atoms with Gasteiger partial charge in [0.1, 0.15) is 0 Å². The van der Waals surface area contributed by atoms with Crippen LogP contribution in [0.1, 0.15) is 50.5 Å². The standard InChI is InChI=1S/C25H30N4O2/c1-18(2)19-10-12-21(13-11-19)26-22-9-6-16-29(17-22)24(30)15-14-23-27-25(28-31-23)20-7-4-3-5-8-20/h3-5,7-8,10-13,18,22,26H,6,9,14-17H2,1-2H3/t22-/m0/s1. The summed E-state index contributed by atoms with van der Waals surface area (Å²) >= 11 is 0. The fraction of sp³-hybridized carbons (Fsp3) is 0.400. The lowest BCUT2D eigenvalue weighted by molar-refractivity contribution is -0.132. The molecule has 3 aromatic rings. The van der Waals surface area contributed by atoms with E-state index in [-0.39, 0.29) is 11.9 Å². The largest absolute Gasteiger partial charge is 0.381 e. The summed E-state index contributed by atoms with van der Waals surface area (Å²) in [5.41, 5.74) is 3.36. The van der Waals surface area contributed by atoms with Crippen molar-refractivity contribution in [1.82, 2.24) is 15.0 Å². The molecule has 31 heavy (non-hydrogen) atoms. The molecule has 1 atom stereocenters. The summed E-state index contributed by atoms with van der Waals surface area (Å²) in [4.78, 5) is 19.2. The maximum absolute atomic E-state index is 12.8. The molecule has 1 aliphatic heterocycles. The first-order chi connectivity index (χ1) is 15.1. The van der Waals surface area contributed by atoms with Crippen molar-refractivity contribution >= 4 is 11.6 Å². The van der Waals surface area contributed by atoms with E-state index < -0.39 is 0 Å². The Hall–Kier alpha value is -3.15. The van der Waals surface area contributed by atoms with Crippen molar-refractivity contribution in [3.8, 4) is 11.4 Å². The van der Waals surface area contributed by atoms with Gasteiger partial charge in [0, 0.05) is 43.2 Å². The maximum atomic E-state index is 12.8. The van der Waals surface area contributed by atoms with Gasteiger partial charge in [-0.05, 0) is 36.5 Å². The molecular formula is C25H30N4O2. The highest BCUT2D eigenvalue weighted by Gasteiger charge is 2.24. The lowest BCUT2D eigenvalue weighted by Crippen LogP contribution is -2.45. The van der Waals surface area contributed by atoms with Crippen molar-refractivity contribution in [3.63, 3.8) is 0 Å². The lowest BCUT2D eigenvalue weighted by atomic mass is 10.0. The van der Waals surface area contributed by atoms with E-state index in [0.29, 0.717) is 30.5 Å². The zero-order chi connectivity index (χ0) is 21.6. The fourth-order valence-electron chi connectivity index (χ4n) is 3.95. The second kappa shape index (κ2) is 9.77. The van der Waals surface area contributed by atoms with E-state index in [1.165, 1.54) is 5.56 Å². The quantitative estimate of drug-likeness (QED) is 0.591. The number of anilines is 1. The van der Waals surface area contributed by atoms with E-state index in [1.807, 2.05) is 35.2 Å². The molecule has 1 amide bonds. The summed E-state index contributed by atoms with van der Waals surface area (Å²) in [6.45, 7) is 5.93. The van der Waals surface area contributed by atoms with E-state index in [1.54, 1.807) is 0 Å². The van der Waals surface area contributed by atoms with Crippen molar-refractivity contribution in [2.75, 3.05) is 18.4 Å². The number of hydrogen-bond donors (Lipinski definition) is 1. The molecule has 2 aromatic carbocycles. The molecule has 1 aliphatic rings. The van der Waals surface area contributed by atoms with Gasteiger partial charge in [0.05, 0.1) is 0 Å². The van der Waals surface area contributed by atoms with E-state index >= 15 is 0 Å². The summed E-state index contributed by atoms with van der Waals surface area (Å²) < 4.78 is 5.34. The summed E-state index contributed by atoms with van der Waals surface area (Å²) in [7, 11) is 0. The predicted molar refractivity (Wildman–Crippen MR) is 122 cm³/mol. The highest BCUT2D eigenvalue weighted by atomic mass is 16.5. The molecule has 6 heteroatoms. The number of nitrogens with one attached hydrogen (secondary N) is 1. The minimum Gasteiger partial charge on any atom is -0.381 e. The van der Waals surface area contributed by atoms with Crippen LogP contribution in [0, 0.1) is 0 Å². The van der Waals surface area contributed by atoms with Crippen LogP contribution < -0.4 is 5.32 Å². The number of rotatable bonds is 7. The van der Waals surface area contributed by atoms with Gasteiger partial charge >= 0.3 is 0 Å². The number of aryl methyl sites for hydroxylation is 1. The Bertz CT molecular complexity index is 982. The van der Waals surface area contributed by atoms with Crippen molar-refractivity contribution in [2.24, 2.45) is 0 Å². The van der Waals surface area contributed by atoms with Crippen LogP contribution in [0.25, 0.3) is 11.4 Å². The van der Waals surface area contributed by atoms with Crippen LogP contribution in [0.2, 0.25) is 0 Å². The van der Waals surface area contributed by atoms with Gasteiger partial charge in [-0.25, -0.2) is 0 Å². The van der Waals surface area contributed by atoms with Gasteiger partial charge in [0.2, 0.25) is 17.6 Å². The van der Waals surface area contributed by atoms with Crippen LogP contribution in [0.15, 0.2) is 59.1 Å². The fourth-order valence-corrected chi connectivity index (χ4v) is 3.95. The van der Waals surface area contributed by atoms with Crippen molar-refractivity contribution in [2.45, 2.75) is 51.5 Å². The van der Waals surface area contributed by atoms with E-state index in [4.69, 9.17) is 4.52 Å².